The van der Waals surface area contributed by atoms with Crippen LogP contribution in [0.4, 0.5) is 6.01 Å². The molecule has 0 aliphatic heterocycles. The number of hydrogen-bond acceptors (Lipinski definition) is 7. The molecular weight excluding hydrogens is 426 g/mol. The van der Waals surface area contributed by atoms with Crippen LogP contribution in [-0.4, -0.2) is 27.6 Å². The maximum absolute atomic E-state index is 12.8. The normalized spacial score (nSPS) is 10.3. The Morgan fingerprint density at radius 1 is 1.18 bits per heavy atom. The fraction of sp³-hybridized carbons (Fsp3) is 0.158. The first kappa shape index (κ1) is 19.4. The average Bonchev–Trinajstić information content (AvgIpc) is 3.12. The highest BCUT2D eigenvalue weighted by molar-refractivity contribution is 9.10. The maximum Gasteiger partial charge on any atom is 0.312 e. The molecule has 0 spiro atoms. The molecule has 8 nitrogen and oxygen atoms in total. The number of ether oxygens (including phenoxy) is 1. The van der Waals surface area contributed by atoms with Gasteiger partial charge in [0, 0.05) is 6.54 Å². The molecule has 0 aliphatic carbocycles. The number of anilines is 1. The molecule has 0 unspecified atom stereocenters. The Bertz CT molecular complexity index is 997. The van der Waals surface area contributed by atoms with Gasteiger partial charge in [0.05, 0.1) is 22.7 Å². The lowest BCUT2D eigenvalue weighted by atomic mass is 10.1. The van der Waals surface area contributed by atoms with E-state index in [2.05, 4.69) is 32.2 Å². The molecule has 3 aromatic rings. The Morgan fingerprint density at radius 2 is 1.93 bits per heavy atom. The monoisotopic (exact) mass is 441 g/mol. The standard InChI is InChI=1S/C19H16BrN5O3/c20-15-3-1-2-4-16(15)27-12-18(26)25(11-17-23-24-19(22)28-17)10-14-7-5-13(9-21)6-8-14/h1-8H,10-12H2,(H2,22,24). The molecule has 1 aromatic heterocycles. The van der Waals surface area contributed by atoms with E-state index in [9.17, 15) is 4.79 Å². The van der Waals surface area contributed by atoms with Crippen molar-refractivity contribution in [3.63, 3.8) is 0 Å². The number of nitrogens with zero attached hydrogens (tertiary/aromatic N) is 4. The minimum Gasteiger partial charge on any atom is -0.483 e. The van der Waals surface area contributed by atoms with Gasteiger partial charge in [0.1, 0.15) is 5.75 Å². The van der Waals surface area contributed by atoms with Crippen LogP contribution in [0.3, 0.4) is 0 Å². The van der Waals surface area contributed by atoms with Gasteiger partial charge in [0.2, 0.25) is 5.89 Å². The van der Waals surface area contributed by atoms with E-state index in [1.807, 2.05) is 18.2 Å². The second kappa shape index (κ2) is 9.01. The fourth-order valence-corrected chi connectivity index (χ4v) is 2.82. The summed E-state index contributed by atoms with van der Waals surface area (Å²) < 4.78 is 11.6. The predicted octanol–water partition coefficient (Wildman–Crippen LogP) is 2.89. The van der Waals surface area contributed by atoms with Gasteiger partial charge in [-0.2, -0.15) is 5.26 Å². The number of nitrogens with two attached hydrogens (primary N) is 1. The lowest BCUT2D eigenvalue weighted by molar-refractivity contribution is -0.135. The number of rotatable bonds is 7. The third kappa shape index (κ3) is 5.08. The molecule has 1 amide bonds. The first-order valence-electron chi connectivity index (χ1n) is 8.27. The van der Waals surface area contributed by atoms with Crippen LogP contribution in [-0.2, 0) is 17.9 Å². The number of nitriles is 1. The number of nitrogen functional groups attached to an aromatic ring is 1. The summed E-state index contributed by atoms with van der Waals surface area (Å²) in [5.41, 5.74) is 6.85. The van der Waals surface area contributed by atoms with E-state index < -0.39 is 0 Å². The third-order valence-electron chi connectivity index (χ3n) is 3.81. The zero-order valence-electron chi connectivity index (χ0n) is 14.7. The van der Waals surface area contributed by atoms with Crippen LogP contribution in [0.2, 0.25) is 0 Å². The van der Waals surface area contributed by atoms with E-state index in [0.717, 1.165) is 10.0 Å². The molecule has 0 saturated heterocycles. The molecule has 1 heterocycles. The van der Waals surface area contributed by atoms with E-state index in [-0.39, 0.29) is 37.5 Å². The van der Waals surface area contributed by atoms with Crippen molar-refractivity contribution in [1.82, 2.24) is 15.1 Å². The van der Waals surface area contributed by atoms with Gasteiger partial charge in [-0.05, 0) is 45.8 Å². The van der Waals surface area contributed by atoms with Crippen molar-refractivity contribution >= 4 is 27.9 Å². The van der Waals surface area contributed by atoms with Crippen molar-refractivity contribution in [3.05, 3.63) is 70.0 Å². The van der Waals surface area contributed by atoms with E-state index in [1.54, 1.807) is 30.3 Å². The maximum atomic E-state index is 12.8. The number of carbonyl (C=O) groups is 1. The van der Waals surface area contributed by atoms with Gasteiger partial charge in [0.25, 0.3) is 5.91 Å². The van der Waals surface area contributed by atoms with Crippen molar-refractivity contribution < 1.29 is 13.9 Å². The molecule has 0 saturated carbocycles. The van der Waals surface area contributed by atoms with Crippen molar-refractivity contribution in [2.24, 2.45) is 0 Å². The van der Waals surface area contributed by atoms with Gasteiger partial charge in [-0.25, -0.2) is 0 Å². The van der Waals surface area contributed by atoms with Crippen LogP contribution in [0.5, 0.6) is 5.75 Å². The predicted molar refractivity (Wildman–Crippen MR) is 104 cm³/mol. The highest BCUT2D eigenvalue weighted by Gasteiger charge is 2.19. The molecule has 3 rings (SSSR count). The van der Waals surface area contributed by atoms with E-state index in [1.165, 1.54) is 4.90 Å². The lowest BCUT2D eigenvalue weighted by Crippen LogP contribution is -2.34. The highest BCUT2D eigenvalue weighted by Crippen LogP contribution is 2.24. The molecule has 142 valence electrons. The number of carbonyl (C=O) groups excluding carboxylic acids is 1. The number of aromatic nitrogens is 2. The smallest absolute Gasteiger partial charge is 0.312 e. The van der Waals surface area contributed by atoms with Crippen molar-refractivity contribution in [2.75, 3.05) is 12.3 Å². The summed E-state index contributed by atoms with van der Waals surface area (Å²) in [5, 5.41) is 16.3. The summed E-state index contributed by atoms with van der Waals surface area (Å²) in [6.07, 6.45) is 0. The second-order valence-corrected chi connectivity index (χ2v) is 6.67. The van der Waals surface area contributed by atoms with Gasteiger partial charge in [-0.3, -0.25) is 4.79 Å². The highest BCUT2D eigenvalue weighted by atomic mass is 79.9. The largest absolute Gasteiger partial charge is 0.483 e. The SMILES string of the molecule is N#Cc1ccc(CN(Cc2nnc(N)o2)C(=O)COc2ccccc2Br)cc1. The van der Waals surface area contributed by atoms with Crippen LogP contribution in [0.25, 0.3) is 0 Å². The number of para-hydroxylation sites is 1. The Morgan fingerprint density at radius 3 is 2.57 bits per heavy atom. The quantitative estimate of drug-likeness (QED) is 0.598. The number of hydrogen-bond donors (Lipinski definition) is 1. The summed E-state index contributed by atoms with van der Waals surface area (Å²) in [4.78, 5) is 14.3. The topological polar surface area (TPSA) is 118 Å². The number of amides is 1. The Balaban J connectivity index is 1.73. The minimum atomic E-state index is -0.267. The zero-order valence-corrected chi connectivity index (χ0v) is 16.3. The van der Waals surface area contributed by atoms with Crippen molar-refractivity contribution in [1.29, 1.82) is 5.26 Å². The van der Waals surface area contributed by atoms with Crippen LogP contribution >= 0.6 is 15.9 Å². The molecule has 0 radical (unpaired) electrons. The Hall–Kier alpha value is -3.38. The first-order chi connectivity index (χ1) is 13.5. The molecular formula is C19H16BrN5O3. The number of halogens is 1. The first-order valence-corrected chi connectivity index (χ1v) is 9.06. The fourth-order valence-electron chi connectivity index (χ4n) is 2.42. The molecule has 0 aliphatic rings. The van der Waals surface area contributed by atoms with Gasteiger partial charge in [-0.15, -0.1) is 5.10 Å². The summed E-state index contributed by atoms with van der Waals surface area (Å²) in [6.45, 7) is 0.205. The molecule has 28 heavy (non-hydrogen) atoms. The zero-order chi connectivity index (χ0) is 19.9. The second-order valence-electron chi connectivity index (χ2n) is 5.81. The summed E-state index contributed by atoms with van der Waals surface area (Å²) in [6, 6.07) is 16.2. The summed E-state index contributed by atoms with van der Waals surface area (Å²) in [5.74, 6) is 0.522. The van der Waals surface area contributed by atoms with E-state index in [4.69, 9.17) is 20.1 Å². The average molecular weight is 442 g/mol. The summed E-state index contributed by atoms with van der Waals surface area (Å²) >= 11 is 3.38. The Labute approximate surface area is 169 Å². The van der Waals surface area contributed by atoms with Gasteiger partial charge in [-0.1, -0.05) is 29.4 Å². The van der Waals surface area contributed by atoms with Crippen LogP contribution < -0.4 is 10.5 Å². The third-order valence-corrected chi connectivity index (χ3v) is 4.46. The van der Waals surface area contributed by atoms with Gasteiger partial charge in [0.15, 0.2) is 6.61 Å². The molecule has 2 aromatic carbocycles. The van der Waals surface area contributed by atoms with Gasteiger partial charge < -0.3 is 19.8 Å². The summed E-state index contributed by atoms with van der Waals surface area (Å²) in [7, 11) is 0. The molecule has 9 heteroatoms. The van der Waals surface area contributed by atoms with Crippen LogP contribution in [0, 0.1) is 11.3 Å². The van der Waals surface area contributed by atoms with E-state index in [0.29, 0.717) is 11.3 Å². The van der Waals surface area contributed by atoms with Gasteiger partial charge >= 0.3 is 6.01 Å². The molecule has 0 bridgehead atoms. The van der Waals surface area contributed by atoms with Crippen molar-refractivity contribution in [3.8, 4) is 11.8 Å². The van der Waals surface area contributed by atoms with Crippen LogP contribution in [0.1, 0.15) is 17.0 Å². The molecule has 0 fully saturated rings. The molecule has 2 N–H and O–H groups in total. The number of benzene rings is 2. The van der Waals surface area contributed by atoms with E-state index >= 15 is 0 Å². The minimum absolute atomic E-state index is 0.0646. The lowest BCUT2D eigenvalue weighted by Gasteiger charge is -2.21. The Kier molecular flexibility index (Phi) is 6.24. The molecule has 0 atom stereocenters. The van der Waals surface area contributed by atoms with Crippen LogP contribution in [0.15, 0.2) is 57.4 Å². The van der Waals surface area contributed by atoms with Crippen molar-refractivity contribution in [2.45, 2.75) is 13.1 Å².